The lowest BCUT2D eigenvalue weighted by Gasteiger charge is -2.20. The van der Waals surface area contributed by atoms with Crippen molar-refractivity contribution in [2.75, 3.05) is 31.1 Å². The van der Waals surface area contributed by atoms with E-state index < -0.39 is 0 Å². The molecule has 1 aromatic carbocycles. The summed E-state index contributed by atoms with van der Waals surface area (Å²) < 4.78 is 1.82. The number of amides is 1. The summed E-state index contributed by atoms with van der Waals surface area (Å²) in [7, 11) is 0. The molecule has 1 fully saturated rings. The van der Waals surface area contributed by atoms with Crippen LogP contribution in [0, 0.1) is 0 Å². The molecule has 0 aliphatic carbocycles. The lowest BCUT2D eigenvalue weighted by Crippen LogP contribution is -2.34. The van der Waals surface area contributed by atoms with Crippen molar-refractivity contribution in [1.82, 2.24) is 19.9 Å². The number of carbonyl (C=O) groups excluding carboxylic acids is 1. The largest absolute Gasteiger partial charge is 0.325 e. The molecule has 2 atom stereocenters. The molecule has 2 aromatic rings. The average molecular weight is 326 g/mol. The Hall–Kier alpha value is -2.25. The molecular formula is C17H22N6O. The van der Waals surface area contributed by atoms with Gasteiger partial charge in [0, 0.05) is 50.5 Å². The van der Waals surface area contributed by atoms with E-state index in [2.05, 4.69) is 21.3 Å². The molecule has 2 aliphatic heterocycles. The van der Waals surface area contributed by atoms with Crippen LogP contribution in [-0.4, -0.2) is 58.0 Å². The molecule has 2 N–H and O–H groups in total. The van der Waals surface area contributed by atoms with E-state index in [1.807, 2.05) is 34.0 Å². The van der Waals surface area contributed by atoms with Crippen LogP contribution < -0.4 is 10.6 Å². The van der Waals surface area contributed by atoms with Gasteiger partial charge in [-0.2, -0.15) is 0 Å². The minimum absolute atomic E-state index is 0.0225. The third-order valence-electron chi connectivity index (χ3n) is 5.02. The van der Waals surface area contributed by atoms with Gasteiger partial charge >= 0.3 is 0 Å². The zero-order valence-electron chi connectivity index (χ0n) is 13.6. The van der Waals surface area contributed by atoms with Crippen molar-refractivity contribution >= 4 is 11.6 Å². The van der Waals surface area contributed by atoms with Crippen LogP contribution in [0.1, 0.15) is 18.0 Å². The average Bonchev–Trinajstić information content (AvgIpc) is 3.31. The smallest absolute Gasteiger partial charge is 0.228 e. The highest BCUT2D eigenvalue weighted by Gasteiger charge is 2.32. The number of hydrogen-bond donors (Lipinski definition) is 1. The summed E-state index contributed by atoms with van der Waals surface area (Å²) in [6.07, 6.45) is 4.99. The van der Waals surface area contributed by atoms with Crippen LogP contribution in [0.4, 0.5) is 5.69 Å². The summed E-state index contributed by atoms with van der Waals surface area (Å²) in [6.45, 7) is 3.12. The Morgan fingerprint density at radius 3 is 3.00 bits per heavy atom. The van der Waals surface area contributed by atoms with Gasteiger partial charge in [0.1, 0.15) is 0 Å². The molecule has 0 spiro atoms. The van der Waals surface area contributed by atoms with Gasteiger partial charge in [-0.15, -0.1) is 5.10 Å². The first kappa shape index (κ1) is 15.3. The van der Waals surface area contributed by atoms with Gasteiger partial charge in [-0.05, 0) is 18.1 Å². The fraction of sp³-hybridized carbons (Fsp3) is 0.471. The maximum atomic E-state index is 12.6. The number of likely N-dealkylation sites (tertiary alicyclic amines) is 1. The number of anilines is 1. The van der Waals surface area contributed by atoms with Crippen LogP contribution in [0.5, 0.6) is 0 Å². The molecule has 126 valence electrons. The summed E-state index contributed by atoms with van der Waals surface area (Å²) in [4.78, 5) is 16.8. The monoisotopic (exact) mass is 326 g/mol. The van der Waals surface area contributed by atoms with Crippen LogP contribution in [0.25, 0.3) is 0 Å². The highest BCUT2D eigenvalue weighted by Crippen LogP contribution is 2.28. The Balaban J connectivity index is 1.34. The minimum Gasteiger partial charge on any atom is -0.325 e. The van der Waals surface area contributed by atoms with Crippen molar-refractivity contribution < 1.29 is 4.79 Å². The van der Waals surface area contributed by atoms with Gasteiger partial charge in [-0.3, -0.25) is 9.69 Å². The number of fused-ring (bicyclic) bond motifs is 1. The van der Waals surface area contributed by atoms with Crippen LogP contribution in [-0.2, 0) is 11.2 Å². The predicted molar refractivity (Wildman–Crippen MR) is 90.6 cm³/mol. The molecule has 2 aliphatic rings. The minimum atomic E-state index is 0.0225. The molecule has 1 saturated heterocycles. The quantitative estimate of drug-likeness (QED) is 0.882. The number of nitrogens with two attached hydrogens (primary N) is 1. The van der Waals surface area contributed by atoms with E-state index in [0.717, 1.165) is 38.3 Å². The molecular weight excluding hydrogens is 304 g/mol. The number of benzene rings is 1. The highest BCUT2D eigenvalue weighted by molar-refractivity contribution is 5.95. The molecule has 24 heavy (non-hydrogen) atoms. The SMILES string of the molecule is N[C@@H]1CN(CCC(=O)N2CCc3ccccc32)C[C@@H]1n1ccnn1. The van der Waals surface area contributed by atoms with E-state index in [1.54, 1.807) is 6.20 Å². The fourth-order valence-corrected chi connectivity index (χ4v) is 3.74. The summed E-state index contributed by atoms with van der Waals surface area (Å²) in [5, 5.41) is 7.90. The van der Waals surface area contributed by atoms with Crippen molar-refractivity contribution in [3.63, 3.8) is 0 Å². The molecule has 1 amide bonds. The molecule has 7 nitrogen and oxygen atoms in total. The van der Waals surface area contributed by atoms with Gasteiger partial charge in [-0.1, -0.05) is 23.4 Å². The number of carbonyl (C=O) groups is 1. The number of nitrogens with zero attached hydrogens (tertiary/aromatic N) is 5. The Bertz CT molecular complexity index is 716. The van der Waals surface area contributed by atoms with Crippen LogP contribution in [0.15, 0.2) is 36.7 Å². The second-order valence-corrected chi connectivity index (χ2v) is 6.55. The lowest BCUT2D eigenvalue weighted by atomic mass is 10.2. The lowest BCUT2D eigenvalue weighted by molar-refractivity contribution is -0.118. The van der Waals surface area contributed by atoms with E-state index in [-0.39, 0.29) is 18.0 Å². The van der Waals surface area contributed by atoms with Crippen molar-refractivity contribution in [3.05, 3.63) is 42.2 Å². The van der Waals surface area contributed by atoms with E-state index in [1.165, 1.54) is 5.56 Å². The predicted octanol–water partition coefficient (Wildman–Crippen LogP) is 0.442. The van der Waals surface area contributed by atoms with E-state index in [9.17, 15) is 4.79 Å². The zero-order valence-corrected chi connectivity index (χ0v) is 13.6. The van der Waals surface area contributed by atoms with E-state index >= 15 is 0 Å². The number of aromatic nitrogens is 3. The summed E-state index contributed by atoms with van der Waals surface area (Å²) in [5.74, 6) is 0.192. The van der Waals surface area contributed by atoms with E-state index in [0.29, 0.717) is 6.42 Å². The van der Waals surface area contributed by atoms with Gasteiger partial charge < -0.3 is 10.6 Å². The summed E-state index contributed by atoms with van der Waals surface area (Å²) in [6, 6.07) is 8.32. The standard InChI is InChI=1S/C17H22N6O/c18-14-11-21(12-16(14)23-10-7-19-20-23)8-6-17(24)22-9-5-13-3-1-2-4-15(13)22/h1-4,7,10,14,16H,5-6,8-9,11-12,18H2/t14-,16+/m1/s1. The second kappa shape index (κ2) is 6.33. The topological polar surface area (TPSA) is 80.3 Å². The van der Waals surface area contributed by atoms with Gasteiger partial charge in [-0.25, -0.2) is 4.68 Å². The maximum Gasteiger partial charge on any atom is 0.228 e. The third kappa shape index (κ3) is 2.81. The van der Waals surface area contributed by atoms with Gasteiger partial charge in [0.25, 0.3) is 0 Å². The first-order valence-electron chi connectivity index (χ1n) is 8.44. The number of hydrogen-bond acceptors (Lipinski definition) is 5. The molecule has 0 unspecified atom stereocenters. The molecule has 0 bridgehead atoms. The molecule has 3 heterocycles. The molecule has 0 radical (unpaired) electrons. The van der Waals surface area contributed by atoms with Gasteiger partial charge in [0.05, 0.1) is 12.2 Å². The maximum absolute atomic E-state index is 12.6. The van der Waals surface area contributed by atoms with E-state index in [4.69, 9.17) is 5.73 Å². The summed E-state index contributed by atoms with van der Waals surface area (Å²) in [5.41, 5.74) is 8.56. The van der Waals surface area contributed by atoms with Crippen molar-refractivity contribution in [2.45, 2.75) is 24.9 Å². The van der Waals surface area contributed by atoms with Gasteiger partial charge in [0.2, 0.25) is 5.91 Å². The van der Waals surface area contributed by atoms with Crippen LogP contribution in [0.3, 0.4) is 0 Å². The van der Waals surface area contributed by atoms with Crippen molar-refractivity contribution in [3.8, 4) is 0 Å². The second-order valence-electron chi connectivity index (χ2n) is 6.55. The molecule has 0 saturated carbocycles. The Morgan fingerprint density at radius 1 is 1.29 bits per heavy atom. The van der Waals surface area contributed by atoms with Crippen molar-refractivity contribution in [2.24, 2.45) is 5.73 Å². The Kier molecular flexibility index (Phi) is 4.03. The summed E-state index contributed by atoms with van der Waals surface area (Å²) >= 11 is 0. The molecule has 4 rings (SSSR count). The zero-order chi connectivity index (χ0) is 16.5. The number of rotatable bonds is 4. The fourth-order valence-electron chi connectivity index (χ4n) is 3.74. The van der Waals surface area contributed by atoms with Gasteiger partial charge in [0.15, 0.2) is 0 Å². The molecule has 1 aromatic heterocycles. The highest BCUT2D eigenvalue weighted by atomic mass is 16.2. The first-order chi connectivity index (χ1) is 11.7. The van der Waals surface area contributed by atoms with Crippen molar-refractivity contribution in [1.29, 1.82) is 0 Å². The van der Waals surface area contributed by atoms with Crippen LogP contribution in [0.2, 0.25) is 0 Å². The first-order valence-corrected chi connectivity index (χ1v) is 8.44. The molecule has 7 heteroatoms. The normalized spacial score (nSPS) is 23.6. The Labute approximate surface area is 141 Å². The number of para-hydroxylation sites is 1. The third-order valence-corrected chi connectivity index (χ3v) is 5.02. The Morgan fingerprint density at radius 2 is 2.17 bits per heavy atom. The van der Waals surface area contributed by atoms with Crippen LogP contribution >= 0.6 is 0 Å².